The van der Waals surface area contributed by atoms with E-state index in [1.807, 2.05) is 30.1 Å². The summed E-state index contributed by atoms with van der Waals surface area (Å²) < 4.78 is 1.18. The third kappa shape index (κ3) is 3.43. The van der Waals surface area contributed by atoms with Gasteiger partial charge in [-0.25, -0.2) is 0 Å². The Morgan fingerprint density at radius 3 is 2.86 bits per heavy atom. The van der Waals surface area contributed by atoms with Gasteiger partial charge < -0.3 is 10.2 Å². The van der Waals surface area contributed by atoms with Crippen molar-refractivity contribution in [1.29, 1.82) is 0 Å². The molecule has 1 saturated heterocycles. The highest BCUT2D eigenvalue weighted by Gasteiger charge is 2.16. The number of benzene rings is 1. The Morgan fingerprint density at radius 1 is 1.33 bits per heavy atom. The van der Waals surface area contributed by atoms with Crippen molar-refractivity contribution < 1.29 is 4.79 Å². The molecule has 0 unspecified atom stereocenters. The van der Waals surface area contributed by atoms with Gasteiger partial charge in [0.25, 0.3) is 5.91 Å². The van der Waals surface area contributed by atoms with Crippen LogP contribution in [0.3, 0.4) is 0 Å². The van der Waals surface area contributed by atoms with E-state index < -0.39 is 0 Å². The molecule has 1 aliphatic rings. The normalized spacial score (nSPS) is 16.2. The molecule has 2 heterocycles. The topological polar surface area (TPSA) is 35.6 Å². The number of nitrogens with zero attached hydrogens (tertiary/aromatic N) is 2. The van der Waals surface area contributed by atoms with Crippen molar-refractivity contribution in [3.8, 4) is 0 Å². The van der Waals surface area contributed by atoms with E-state index in [0.717, 1.165) is 49.5 Å². The molecule has 1 aromatic heterocycles. The van der Waals surface area contributed by atoms with Crippen molar-refractivity contribution in [3.63, 3.8) is 0 Å². The molecule has 0 aliphatic carbocycles. The molecule has 1 amide bonds. The Labute approximate surface area is 129 Å². The maximum Gasteiger partial charge on any atom is 0.263 e. The lowest BCUT2D eigenvalue weighted by atomic mass is 10.2. The smallest absolute Gasteiger partial charge is 0.263 e. The minimum Gasteiger partial charge on any atom is -0.340 e. The first-order chi connectivity index (χ1) is 10.2. The second kappa shape index (κ2) is 6.56. The van der Waals surface area contributed by atoms with Crippen molar-refractivity contribution in [2.24, 2.45) is 0 Å². The lowest BCUT2D eigenvalue weighted by molar-refractivity contribution is 0.0779. The Bertz CT molecular complexity index is 586. The molecular formula is C16H21N3OS. The third-order valence-corrected chi connectivity index (χ3v) is 5.05. The highest BCUT2D eigenvalue weighted by molar-refractivity contribution is 7.20. The van der Waals surface area contributed by atoms with Gasteiger partial charge in [0.15, 0.2) is 0 Å². The van der Waals surface area contributed by atoms with Gasteiger partial charge in [-0.2, -0.15) is 0 Å². The first-order valence-corrected chi connectivity index (χ1v) is 8.23. The molecule has 0 spiro atoms. The standard InChI is InChI=1S/C16H21N3OS/c1-18(10-11-19-8-6-17-7-9-19)16(20)15-12-13-4-2-3-5-14(13)21-15/h2-5,12,17H,6-11H2,1H3. The number of fused-ring (bicyclic) bond motifs is 1. The number of hydrogen-bond donors (Lipinski definition) is 1. The van der Waals surface area contributed by atoms with Gasteiger partial charge >= 0.3 is 0 Å². The third-order valence-electron chi connectivity index (χ3n) is 3.94. The quantitative estimate of drug-likeness (QED) is 0.937. The fraction of sp³-hybridized carbons (Fsp3) is 0.438. The van der Waals surface area contributed by atoms with Gasteiger partial charge in [0, 0.05) is 51.0 Å². The van der Waals surface area contributed by atoms with E-state index in [0.29, 0.717) is 0 Å². The van der Waals surface area contributed by atoms with E-state index in [2.05, 4.69) is 22.3 Å². The molecule has 0 bridgehead atoms. The minimum absolute atomic E-state index is 0.131. The molecule has 112 valence electrons. The van der Waals surface area contributed by atoms with E-state index in [1.54, 1.807) is 11.3 Å². The summed E-state index contributed by atoms with van der Waals surface area (Å²) in [6.45, 7) is 5.99. The van der Waals surface area contributed by atoms with Gasteiger partial charge in [-0.1, -0.05) is 18.2 Å². The van der Waals surface area contributed by atoms with Crippen molar-refractivity contribution in [1.82, 2.24) is 15.1 Å². The predicted octanol–water partition coefficient (Wildman–Crippen LogP) is 1.88. The molecule has 0 radical (unpaired) electrons. The van der Waals surface area contributed by atoms with Gasteiger partial charge in [-0.15, -0.1) is 11.3 Å². The summed E-state index contributed by atoms with van der Waals surface area (Å²) >= 11 is 1.58. The number of thiophene rings is 1. The van der Waals surface area contributed by atoms with E-state index in [1.165, 1.54) is 4.70 Å². The average molecular weight is 303 g/mol. The van der Waals surface area contributed by atoms with Gasteiger partial charge in [0.05, 0.1) is 4.88 Å². The van der Waals surface area contributed by atoms with Crippen LogP contribution in [0.4, 0.5) is 0 Å². The van der Waals surface area contributed by atoms with Crippen LogP contribution < -0.4 is 5.32 Å². The van der Waals surface area contributed by atoms with Crippen LogP contribution in [0.2, 0.25) is 0 Å². The number of likely N-dealkylation sites (N-methyl/N-ethyl adjacent to an activating group) is 1. The molecule has 0 atom stereocenters. The van der Waals surface area contributed by atoms with E-state index >= 15 is 0 Å². The second-order valence-corrected chi connectivity index (χ2v) is 6.55. The molecule has 2 aromatic rings. The maximum atomic E-state index is 12.5. The highest BCUT2D eigenvalue weighted by Crippen LogP contribution is 2.25. The zero-order valence-electron chi connectivity index (χ0n) is 12.3. The highest BCUT2D eigenvalue weighted by atomic mass is 32.1. The number of rotatable bonds is 4. The summed E-state index contributed by atoms with van der Waals surface area (Å²) in [7, 11) is 1.90. The van der Waals surface area contributed by atoms with Gasteiger partial charge in [0.2, 0.25) is 0 Å². The Hall–Kier alpha value is -1.43. The molecular weight excluding hydrogens is 282 g/mol. The maximum absolute atomic E-state index is 12.5. The SMILES string of the molecule is CN(CCN1CCNCC1)C(=O)c1cc2ccccc2s1. The molecule has 4 nitrogen and oxygen atoms in total. The Kier molecular flexibility index (Phi) is 4.53. The van der Waals surface area contributed by atoms with Crippen LogP contribution in [0.25, 0.3) is 10.1 Å². The first-order valence-electron chi connectivity index (χ1n) is 7.41. The van der Waals surface area contributed by atoms with Crippen LogP contribution in [0.15, 0.2) is 30.3 Å². The summed E-state index contributed by atoms with van der Waals surface area (Å²) in [5.41, 5.74) is 0. The van der Waals surface area contributed by atoms with Crippen LogP contribution >= 0.6 is 11.3 Å². The Morgan fingerprint density at radius 2 is 2.10 bits per heavy atom. The van der Waals surface area contributed by atoms with Crippen LogP contribution in [0.1, 0.15) is 9.67 Å². The van der Waals surface area contributed by atoms with Gasteiger partial charge in [0.1, 0.15) is 0 Å². The van der Waals surface area contributed by atoms with E-state index in [-0.39, 0.29) is 5.91 Å². The molecule has 1 aromatic carbocycles. The number of nitrogens with one attached hydrogen (secondary N) is 1. The van der Waals surface area contributed by atoms with Crippen LogP contribution in [0.5, 0.6) is 0 Å². The van der Waals surface area contributed by atoms with Gasteiger partial charge in [-0.05, 0) is 17.5 Å². The summed E-state index contributed by atoms with van der Waals surface area (Å²) in [6.07, 6.45) is 0. The molecule has 5 heteroatoms. The van der Waals surface area contributed by atoms with Crippen LogP contribution in [-0.2, 0) is 0 Å². The fourth-order valence-corrected chi connectivity index (χ4v) is 3.66. The first kappa shape index (κ1) is 14.5. The lowest BCUT2D eigenvalue weighted by Crippen LogP contribution is -2.46. The molecule has 3 rings (SSSR count). The monoisotopic (exact) mass is 303 g/mol. The van der Waals surface area contributed by atoms with Crippen LogP contribution in [-0.4, -0.2) is 62.0 Å². The zero-order chi connectivity index (χ0) is 14.7. The minimum atomic E-state index is 0.131. The molecule has 21 heavy (non-hydrogen) atoms. The second-order valence-electron chi connectivity index (χ2n) is 5.47. The fourth-order valence-electron chi connectivity index (χ4n) is 2.60. The Balaban J connectivity index is 1.60. The number of piperazine rings is 1. The summed E-state index contributed by atoms with van der Waals surface area (Å²) in [6, 6.07) is 10.2. The van der Waals surface area contributed by atoms with Crippen molar-refractivity contribution >= 4 is 27.3 Å². The molecule has 1 fully saturated rings. The number of hydrogen-bond acceptors (Lipinski definition) is 4. The summed E-state index contributed by atoms with van der Waals surface area (Å²) in [5, 5.41) is 4.50. The van der Waals surface area contributed by atoms with E-state index in [4.69, 9.17) is 0 Å². The molecule has 0 saturated carbocycles. The van der Waals surface area contributed by atoms with Gasteiger partial charge in [-0.3, -0.25) is 9.69 Å². The van der Waals surface area contributed by atoms with Crippen molar-refractivity contribution in [2.45, 2.75) is 0 Å². The summed E-state index contributed by atoms with van der Waals surface area (Å²) in [5.74, 6) is 0.131. The van der Waals surface area contributed by atoms with E-state index in [9.17, 15) is 4.79 Å². The lowest BCUT2D eigenvalue weighted by Gasteiger charge is -2.29. The predicted molar refractivity (Wildman–Crippen MR) is 88.1 cm³/mol. The average Bonchev–Trinajstić information content (AvgIpc) is 2.97. The summed E-state index contributed by atoms with van der Waals surface area (Å²) in [4.78, 5) is 17.6. The van der Waals surface area contributed by atoms with Crippen molar-refractivity contribution in [2.75, 3.05) is 46.3 Å². The zero-order valence-corrected chi connectivity index (χ0v) is 13.2. The molecule has 1 N–H and O–H groups in total. The number of carbonyl (C=O) groups excluding carboxylic acids is 1. The number of amides is 1. The molecule has 1 aliphatic heterocycles. The largest absolute Gasteiger partial charge is 0.340 e. The van der Waals surface area contributed by atoms with Crippen LogP contribution in [0, 0.1) is 0 Å². The van der Waals surface area contributed by atoms with Crippen molar-refractivity contribution in [3.05, 3.63) is 35.2 Å². The number of carbonyl (C=O) groups is 1.